The lowest BCUT2D eigenvalue weighted by Gasteiger charge is -2.25. The summed E-state index contributed by atoms with van der Waals surface area (Å²) < 4.78 is 11.2. The molecule has 0 unspecified atom stereocenters. The molecular formula is C18H19NO3. The summed E-state index contributed by atoms with van der Waals surface area (Å²) in [5, 5.41) is 0. The van der Waals surface area contributed by atoms with Crippen molar-refractivity contribution < 1.29 is 14.3 Å². The van der Waals surface area contributed by atoms with Gasteiger partial charge in [-0.1, -0.05) is 18.2 Å². The van der Waals surface area contributed by atoms with E-state index in [2.05, 4.69) is 0 Å². The van der Waals surface area contributed by atoms with Crippen LogP contribution in [0.15, 0.2) is 42.5 Å². The van der Waals surface area contributed by atoms with Crippen LogP contribution in [0.4, 0.5) is 5.69 Å². The molecule has 22 heavy (non-hydrogen) atoms. The average Bonchev–Trinajstić information content (AvgIpc) is 2.55. The summed E-state index contributed by atoms with van der Waals surface area (Å²) >= 11 is 0. The molecule has 1 aliphatic heterocycles. The molecular weight excluding hydrogens is 278 g/mol. The van der Waals surface area contributed by atoms with Gasteiger partial charge in [0, 0.05) is 12.2 Å². The van der Waals surface area contributed by atoms with Gasteiger partial charge in [-0.05, 0) is 43.7 Å². The van der Waals surface area contributed by atoms with E-state index in [-0.39, 0.29) is 5.91 Å². The smallest absolute Gasteiger partial charge is 0.262 e. The molecule has 0 aliphatic carbocycles. The predicted molar refractivity (Wildman–Crippen MR) is 86.0 cm³/mol. The van der Waals surface area contributed by atoms with E-state index in [0.717, 1.165) is 11.3 Å². The summed E-state index contributed by atoms with van der Waals surface area (Å²) in [6.07, 6.45) is 0. The topological polar surface area (TPSA) is 38.8 Å². The van der Waals surface area contributed by atoms with E-state index in [4.69, 9.17) is 9.47 Å². The number of carbonyl (C=O) groups excluding carboxylic acids is 1. The van der Waals surface area contributed by atoms with Crippen molar-refractivity contribution in [3.8, 4) is 11.5 Å². The Morgan fingerprint density at radius 2 is 1.91 bits per heavy atom. The van der Waals surface area contributed by atoms with Crippen molar-refractivity contribution in [3.63, 3.8) is 0 Å². The predicted octanol–water partition coefficient (Wildman–Crippen LogP) is 3.43. The number of ether oxygens (including phenoxy) is 2. The third kappa shape index (κ3) is 2.64. The first kappa shape index (κ1) is 14.4. The molecule has 114 valence electrons. The van der Waals surface area contributed by atoms with E-state index in [9.17, 15) is 4.79 Å². The number of benzene rings is 2. The molecule has 0 aromatic heterocycles. The molecule has 1 heterocycles. The number of hydrogen-bond donors (Lipinski definition) is 0. The molecule has 0 spiro atoms. The fraction of sp³-hybridized carbons (Fsp3) is 0.278. The van der Waals surface area contributed by atoms with Crippen LogP contribution in [0.1, 0.15) is 22.8 Å². The third-order valence-corrected chi connectivity index (χ3v) is 3.67. The Balaban J connectivity index is 1.99. The van der Waals surface area contributed by atoms with E-state index in [0.29, 0.717) is 36.8 Å². The summed E-state index contributed by atoms with van der Waals surface area (Å²) in [6.45, 7) is 5.55. The molecule has 2 aromatic rings. The van der Waals surface area contributed by atoms with Gasteiger partial charge < -0.3 is 14.4 Å². The Bertz CT molecular complexity index is 696. The second kappa shape index (κ2) is 6.10. The number of anilines is 1. The maximum absolute atomic E-state index is 12.9. The summed E-state index contributed by atoms with van der Waals surface area (Å²) in [7, 11) is 0. The van der Waals surface area contributed by atoms with Crippen LogP contribution in [0.5, 0.6) is 11.5 Å². The zero-order chi connectivity index (χ0) is 15.5. The molecule has 2 aromatic carbocycles. The van der Waals surface area contributed by atoms with Gasteiger partial charge in [-0.3, -0.25) is 4.79 Å². The molecule has 0 atom stereocenters. The molecule has 1 aliphatic rings. The number of hydrogen-bond acceptors (Lipinski definition) is 3. The number of amides is 1. The minimum absolute atomic E-state index is 0.0737. The highest BCUT2D eigenvalue weighted by Gasteiger charge is 2.24. The van der Waals surface area contributed by atoms with Gasteiger partial charge in [0.2, 0.25) is 0 Å². The largest absolute Gasteiger partial charge is 0.486 e. The standard InChI is InChI=1S/C18H19NO3/c1-3-19(14-7-4-6-13(2)12-14)18(20)15-8-5-9-16-17(15)22-11-10-21-16/h4-9,12H,3,10-11H2,1-2H3. The van der Waals surface area contributed by atoms with E-state index >= 15 is 0 Å². The van der Waals surface area contributed by atoms with E-state index in [1.807, 2.05) is 50.2 Å². The lowest BCUT2D eigenvalue weighted by Crippen LogP contribution is -2.31. The van der Waals surface area contributed by atoms with Gasteiger partial charge in [0.15, 0.2) is 11.5 Å². The molecule has 0 fully saturated rings. The van der Waals surface area contributed by atoms with Gasteiger partial charge in [0.05, 0.1) is 5.56 Å². The minimum Gasteiger partial charge on any atom is -0.486 e. The fourth-order valence-electron chi connectivity index (χ4n) is 2.63. The molecule has 3 rings (SSSR count). The normalized spacial score (nSPS) is 12.8. The summed E-state index contributed by atoms with van der Waals surface area (Å²) in [6, 6.07) is 13.4. The highest BCUT2D eigenvalue weighted by molar-refractivity contribution is 6.08. The van der Waals surface area contributed by atoms with Crippen molar-refractivity contribution in [1.29, 1.82) is 0 Å². The molecule has 1 amide bonds. The Labute approximate surface area is 130 Å². The first-order chi connectivity index (χ1) is 10.7. The Morgan fingerprint density at radius 1 is 1.14 bits per heavy atom. The first-order valence-electron chi connectivity index (χ1n) is 7.48. The van der Waals surface area contributed by atoms with Crippen molar-refractivity contribution in [2.24, 2.45) is 0 Å². The summed E-state index contributed by atoms with van der Waals surface area (Å²) in [4.78, 5) is 14.7. The van der Waals surface area contributed by atoms with Gasteiger partial charge >= 0.3 is 0 Å². The lowest BCUT2D eigenvalue weighted by atomic mass is 10.1. The van der Waals surface area contributed by atoms with Crippen LogP contribution in [0.3, 0.4) is 0 Å². The van der Waals surface area contributed by atoms with E-state index < -0.39 is 0 Å². The summed E-state index contributed by atoms with van der Waals surface area (Å²) in [5.41, 5.74) is 2.56. The number of aryl methyl sites for hydroxylation is 1. The van der Waals surface area contributed by atoms with Gasteiger partial charge in [-0.25, -0.2) is 0 Å². The van der Waals surface area contributed by atoms with Crippen LogP contribution in [-0.4, -0.2) is 25.7 Å². The maximum Gasteiger partial charge on any atom is 0.262 e. The van der Waals surface area contributed by atoms with Gasteiger partial charge in [0.1, 0.15) is 13.2 Å². The molecule has 4 heteroatoms. The van der Waals surface area contributed by atoms with Crippen molar-refractivity contribution in [3.05, 3.63) is 53.6 Å². The summed E-state index contributed by atoms with van der Waals surface area (Å²) in [5.74, 6) is 1.11. The molecule has 0 radical (unpaired) electrons. The highest BCUT2D eigenvalue weighted by atomic mass is 16.6. The van der Waals surface area contributed by atoms with Gasteiger partial charge in [0.25, 0.3) is 5.91 Å². The van der Waals surface area contributed by atoms with Crippen LogP contribution in [0, 0.1) is 6.92 Å². The fourth-order valence-corrected chi connectivity index (χ4v) is 2.63. The lowest BCUT2D eigenvalue weighted by molar-refractivity contribution is 0.0977. The highest BCUT2D eigenvalue weighted by Crippen LogP contribution is 2.35. The van der Waals surface area contributed by atoms with Crippen LogP contribution in [0.25, 0.3) is 0 Å². The average molecular weight is 297 g/mol. The molecule has 0 N–H and O–H groups in total. The van der Waals surface area contributed by atoms with Crippen LogP contribution in [0.2, 0.25) is 0 Å². The third-order valence-electron chi connectivity index (χ3n) is 3.67. The Hall–Kier alpha value is -2.49. The van der Waals surface area contributed by atoms with Crippen molar-refractivity contribution in [2.75, 3.05) is 24.7 Å². The monoisotopic (exact) mass is 297 g/mol. The molecule has 4 nitrogen and oxygen atoms in total. The molecule has 0 saturated heterocycles. The quantitative estimate of drug-likeness (QED) is 0.871. The number of rotatable bonds is 3. The SMILES string of the molecule is CCN(C(=O)c1cccc2c1OCCO2)c1cccc(C)c1. The maximum atomic E-state index is 12.9. The van der Waals surface area contributed by atoms with Crippen LogP contribution in [-0.2, 0) is 0 Å². The number of para-hydroxylation sites is 1. The Kier molecular flexibility index (Phi) is 4.00. The molecule has 0 saturated carbocycles. The minimum atomic E-state index is -0.0737. The van der Waals surface area contributed by atoms with E-state index in [1.165, 1.54) is 0 Å². The Morgan fingerprint density at radius 3 is 2.68 bits per heavy atom. The zero-order valence-electron chi connectivity index (χ0n) is 12.8. The molecule has 0 bridgehead atoms. The first-order valence-corrected chi connectivity index (χ1v) is 7.48. The van der Waals surface area contributed by atoms with Crippen molar-refractivity contribution in [2.45, 2.75) is 13.8 Å². The van der Waals surface area contributed by atoms with E-state index in [1.54, 1.807) is 11.0 Å². The number of carbonyl (C=O) groups is 1. The van der Waals surface area contributed by atoms with Crippen molar-refractivity contribution in [1.82, 2.24) is 0 Å². The number of fused-ring (bicyclic) bond motifs is 1. The zero-order valence-corrected chi connectivity index (χ0v) is 12.8. The second-order valence-electron chi connectivity index (χ2n) is 5.22. The second-order valence-corrected chi connectivity index (χ2v) is 5.22. The van der Waals surface area contributed by atoms with Crippen molar-refractivity contribution >= 4 is 11.6 Å². The van der Waals surface area contributed by atoms with Gasteiger partial charge in [-0.15, -0.1) is 0 Å². The van der Waals surface area contributed by atoms with Crippen LogP contribution >= 0.6 is 0 Å². The van der Waals surface area contributed by atoms with Gasteiger partial charge in [-0.2, -0.15) is 0 Å². The number of nitrogens with zero attached hydrogens (tertiary/aromatic N) is 1. The van der Waals surface area contributed by atoms with Crippen LogP contribution < -0.4 is 14.4 Å².